The van der Waals surface area contributed by atoms with Gasteiger partial charge in [0, 0.05) is 23.0 Å². The van der Waals surface area contributed by atoms with Gasteiger partial charge in [0.15, 0.2) is 0 Å². The summed E-state index contributed by atoms with van der Waals surface area (Å²) < 4.78 is 26.3. The molecular weight excluding hydrogens is 322 g/mol. The Morgan fingerprint density at radius 2 is 1.83 bits per heavy atom. The van der Waals surface area contributed by atoms with Crippen LogP contribution in [0.3, 0.4) is 0 Å². The number of anilines is 1. The van der Waals surface area contributed by atoms with E-state index in [0.717, 1.165) is 30.5 Å². The molecule has 1 aliphatic rings. The van der Waals surface area contributed by atoms with Crippen LogP contribution in [0.4, 0.5) is 19.3 Å². The second-order valence-corrected chi connectivity index (χ2v) is 6.16. The van der Waals surface area contributed by atoms with Crippen LogP contribution in [-0.4, -0.2) is 12.6 Å². The molecule has 2 aromatic carbocycles. The Bertz CT molecular complexity index is 730. The summed E-state index contributed by atoms with van der Waals surface area (Å²) in [4.78, 5) is 11.9. The second kappa shape index (κ2) is 6.16. The number of carbonyl (C=O) groups excluding carboxylic acids is 1. The molecule has 1 saturated carbocycles. The summed E-state index contributed by atoms with van der Waals surface area (Å²) in [7, 11) is 0. The Labute approximate surface area is 137 Å². The summed E-state index contributed by atoms with van der Waals surface area (Å²) in [6.07, 6.45) is 1.94. The van der Waals surface area contributed by atoms with Gasteiger partial charge in [-0.2, -0.15) is 0 Å². The molecule has 3 rings (SSSR count). The number of nitrogens with one attached hydrogen (secondary N) is 2. The zero-order chi connectivity index (χ0) is 16.4. The SMILES string of the molecule is O=C(NCC1(c2ccc(Cl)cc2)CC1)Nc1ccc(F)cc1F. The molecule has 23 heavy (non-hydrogen) atoms. The van der Waals surface area contributed by atoms with Crippen molar-refractivity contribution in [3.8, 4) is 0 Å². The van der Waals surface area contributed by atoms with Crippen molar-refractivity contribution in [2.24, 2.45) is 0 Å². The fraction of sp³-hybridized carbons (Fsp3) is 0.235. The van der Waals surface area contributed by atoms with Gasteiger partial charge >= 0.3 is 6.03 Å². The molecule has 0 heterocycles. The van der Waals surface area contributed by atoms with Gasteiger partial charge in [-0.25, -0.2) is 13.6 Å². The summed E-state index contributed by atoms with van der Waals surface area (Å²) in [6, 6.07) is 10.0. The summed E-state index contributed by atoms with van der Waals surface area (Å²) in [5, 5.41) is 5.80. The predicted octanol–water partition coefficient (Wildman–Crippen LogP) is 4.47. The van der Waals surface area contributed by atoms with E-state index < -0.39 is 17.7 Å². The largest absolute Gasteiger partial charge is 0.337 e. The van der Waals surface area contributed by atoms with Gasteiger partial charge in [0.1, 0.15) is 11.6 Å². The molecule has 120 valence electrons. The minimum Gasteiger partial charge on any atom is -0.337 e. The highest BCUT2D eigenvalue weighted by Gasteiger charge is 2.44. The molecule has 2 aromatic rings. The first-order valence-electron chi connectivity index (χ1n) is 7.24. The highest BCUT2D eigenvalue weighted by atomic mass is 35.5. The molecule has 1 fully saturated rings. The quantitative estimate of drug-likeness (QED) is 0.849. The van der Waals surface area contributed by atoms with Crippen LogP contribution in [0.1, 0.15) is 18.4 Å². The minimum atomic E-state index is -0.806. The van der Waals surface area contributed by atoms with Crippen molar-refractivity contribution in [1.82, 2.24) is 5.32 Å². The van der Waals surface area contributed by atoms with Crippen molar-refractivity contribution in [3.05, 3.63) is 64.7 Å². The zero-order valence-corrected chi connectivity index (χ0v) is 13.0. The summed E-state index contributed by atoms with van der Waals surface area (Å²) >= 11 is 5.88. The smallest absolute Gasteiger partial charge is 0.319 e. The monoisotopic (exact) mass is 336 g/mol. The van der Waals surface area contributed by atoms with Crippen molar-refractivity contribution in [2.45, 2.75) is 18.3 Å². The minimum absolute atomic E-state index is 0.0553. The standard InChI is InChI=1S/C17H15ClF2N2O/c18-12-3-1-11(2-4-12)17(7-8-17)10-21-16(23)22-15-6-5-13(19)9-14(15)20/h1-6,9H,7-8,10H2,(H2,21,22,23). The van der Waals surface area contributed by atoms with Crippen molar-refractivity contribution < 1.29 is 13.6 Å². The van der Waals surface area contributed by atoms with Gasteiger partial charge in [0.25, 0.3) is 0 Å². The summed E-state index contributed by atoms with van der Waals surface area (Å²) in [5.74, 6) is -1.49. The van der Waals surface area contributed by atoms with Crippen LogP contribution in [0.5, 0.6) is 0 Å². The van der Waals surface area contributed by atoms with Gasteiger partial charge in [-0.05, 0) is 42.7 Å². The Balaban J connectivity index is 1.59. The Morgan fingerprint density at radius 3 is 2.43 bits per heavy atom. The molecule has 2 N–H and O–H groups in total. The van der Waals surface area contributed by atoms with E-state index in [9.17, 15) is 13.6 Å². The molecule has 3 nitrogen and oxygen atoms in total. The Kier molecular flexibility index (Phi) is 4.22. The lowest BCUT2D eigenvalue weighted by Gasteiger charge is -2.17. The molecule has 2 amide bonds. The third-order valence-corrected chi connectivity index (χ3v) is 4.33. The third kappa shape index (κ3) is 3.62. The number of amides is 2. The van der Waals surface area contributed by atoms with E-state index in [-0.39, 0.29) is 11.1 Å². The van der Waals surface area contributed by atoms with E-state index in [1.54, 1.807) is 0 Å². The van der Waals surface area contributed by atoms with E-state index >= 15 is 0 Å². The molecule has 0 spiro atoms. The summed E-state index contributed by atoms with van der Waals surface area (Å²) in [6.45, 7) is 0.448. The van der Waals surface area contributed by atoms with E-state index in [4.69, 9.17) is 11.6 Å². The summed E-state index contributed by atoms with van der Waals surface area (Å²) in [5.41, 5.74) is 0.985. The van der Waals surface area contributed by atoms with Gasteiger partial charge in [-0.15, -0.1) is 0 Å². The second-order valence-electron chi connectivity index (χ2n) is 5.72. The fourth-order valence-corrected chi connectivity index (χ4v) is 2.65. The number of hydrogen-bond donors (Lipinski definition) is 2. The van der Waals surface area contributed by atoms with Gasteiger partial charge in [0.05, 0.1) is 5.69 Å². The average Bonchev–Trinajstić information content (AvgIpc) is 3.30. The third-order valence-electron chi connectivity index (χ3n) is 4.08. The number of benzene rings is 2. The lowest BCUT2D eigenvalue weighted by atomic mass is 9.96. The van der Waals surface area contributed by atoms with Crippen LogP contribution < -0.4 is 10.6 Å². The van der Waals surface area contributed by atoms with Gasteiger partial charge < -0.3 is 10.6 Å². The molecule has 0 atom stereocenters. The maximum atomic E-state index is 13.5. The van der Waals surface area contributed by atoms with Crippen molar-refractivity contribution in [1.29, 1.82) is 0 Å². The van der Waals surface area contributed by atoms with Crippen LogP contribution in [0.25, 0.3) is 0 Å². The molecular formula is C17H15ClF2N2O. The molecule has 0 aromatic heterocycles. The van der Waals surface area contributed by atoms with Gasteiger partial charge in [-0.1, -0.05) is 23.7 Å². The Morgan fingerprint density at radius 1 is 1.13 bits per heavy atom. The van der Waals surface area contributed by atoms with E-state index in [1.807, 2.05) is 24.3 Å². The molecule has 6 heteroatoms. The molecule has 0 saturated heterocycles. The fourth-order valence-electron chi connectivity index (χ4n) is 2.53. The molecule has 0 radical (unpaired) electrons. The number of urea groups is 1. The highest BCUT2D eigenvalue weighted by molar-refractivity contribution is 6.30. The number of halogens is 3. The van der Waals surface area contributed by atoms with Gasteiger partial charge in [-0.3, -0.25) is 0 Å². The maximum Gasteiger partial charge on any atom is 0.319 e. The lowest BCUT2D eigenvalue weighted by molar-refractivity contribution is 0.251. The Hall–Kier alpha value is -2.14. The van der Waals surface area contributed by atoms with Crippen LogP contribution in [-0.2, 0) is 5.41 Å². The number of hydrogen-bond acceptors (Lipinski definition) is 1. The normalized spacial score (nSPS) is 15.1. The highest BCUT2D eigenvalue weighted by Crippen LogP contribution is 2.47. The molecule has 1 aliphatic carbocycles. The topological polar surface area (TPSA) is 41.1 Å². The number of carbonyl (C=O) groups is 1. The molecule has 0 aliphatic heterocycles. The van der Waals surface area contributed by atoms with Crippen molar-refractivity contribution >= 4 is 23.3 Å². The van der Waals surface area contributed by atoms with E-state index in [2.05, 4.69) is 10.6 Å². The zero-order valence-electron chi connectivity index (χ0n) is 12.2. The van der Waals surface area contributed by atoms with E-state index in [0.29, 0.717) is 11.6 Å². The molecule has 0 unspecified atom stereocenters. The molecule has 0 bridgehead atoms. The van der Waals surface area contributed by atoms with Crippen molar-refractivity contribution in [2.75, 3.05) is 11.9 Å². The number of rotatable bonds is 4. The predicted molar refractivity (Wildman–Crippen MR) is 85.7 cm³/mol. The van der Waals surface area contributed by atoms with Crippen LogP contribution >= 0.6 is 11.6 Å². The average molecular weight is 337 g/mol. The first-order valence-corrected chi connectivity index (χ1v) is 7.62. The van der Waals surface area contributed by atoms with Crippen molar-refractivity contribution in [3.63, 3.8) is 0 Å². The van der Waals surface area contributed by atoms with Crippen LogP contribution in [0.2, 0.25) is 5.02 Å². The first-order chi connectivity index (χ1) is 11.0. The lowest BCUT2D eigenvalue weighted by Crippen LogP contribution is -2.35. The van der Waals surface area contributed by atoms with Gasteiger partial charge in [0.2, 0.25) is 0 Å². The van der Waals surface area contributed by atoms with E-state index in [1.165, 1.54) is 6.07 Å². The van der Waals surface area contributed by atoms with Crippen LogP contribution in [0, 0.1) is 11.6 Å². The van der Waals surface area contributed by atoms with Crippen LogP contribution in [0.15, 0.2) is 42.5 Å². The maximum absolute atomic E-state index is 13.5. The first kappa shape index (κ1) is 15.7.